The van der Waals surface area contributed by atoms with Gasteiger partial charge in [0.05, 0.1) is 0 Å². The van der Waals surface area contributed by atoms with Crippen LogP contribution >= 0.6 is 0 Å². The van der Waals surface area contributed by atoms with Crippen LogP contribution in [0.15, 0.2) is 109 Å². The molecule has 0 aliphatic heterocycles. The van der Waals surface area contributed by atoms with Crippen LogP contribution in [0.4, 0.5) is 11.4 Å². The van der Waals surface area contributed by atoms with Gasteiger partial charge >= 0.3 is 6.01 Å². The fourth-order valence-electron chi connectivity index (χ4n) is 3.45. The second-order valence-electron chi connectivity index (χ2n) is 7.61. The van der Waals surface area contributed by atoms with Crippen LogP contribution in [-0.4, -0.2) is 9.97 Å². The van der Waals surface area contributed by atoms with Crippen molar-refractivity contribution in [3.8, 4) is 45.8 Å². The molecular weight excluding hydrogens is 424 g/mol. The zero-order valence-corrected chi connectivity index (χ0v) is 18.3. The quantitative estimate of drug-likeness (QED) is 0.287. The SMILES string of the molecule is Nc1ccc(Oc2nc(-c3ccccc3)c(Oc3ccc(N)cc3)c(-c3ccccc3)n2)cc1. The summed E-state index contributed by atoms with van der Waals surface area (Å²) in [5.41, 5.74) is 15.9. The van der Waals surface area contributed by atoms with Crippen LogP contribution in [-0.2, 0) is 0 Å². The normalized spacial score (nSPS) is 10.6. The highest BCUT2D eigenvalue weighted by Crippen LogP contribution is 2.41. The zero-order chi connectivity index (χ0) is 23.3. The minimum atomic E-state index is 0.201. The van der Waals surface area contributed by atoms with Gasteiger partial charge in [-0.1, -0.05) is 60.7 Å². The summed E-state index contributed by atoms with van der Waals surface area (Å²) in [6.45, 7) is 0. The molecule has 0 unspecified atom stereocenters. The molecule has 0 aliphatic carbocycles. The maximum Gasteiger partial charge on any atom is 0.323 e. The zero-order valence-electron chi connectivity index (χ0n) is 18.3. The highest BCUT2D eigenvalue weighted by molar-refractivity contribution is 5.78. The third-order valence-electron chi connectivity index (χ3n) is 5.13. The Bertz CT molecular complexity index is 1330. The fourth-order valence-corrected chi connectivity index (χ4v) is 3.45. The lowest BCUT2D eigenvalue weighted by atomic mass is 10.1. The van der Waals surface area contributed by atoms with Crippen LogP contribution in [0.25, 0.3) is 22.5 Å². The van der Waals surface area contributed by atoms with Crippen molar-refractivity contribution < 1.29 is 9.47 Å². The van der Waals surface area contributed by atoms with E-state index in [0.717, 1.165) is 11.1 Å². The minimum Gasteiger partial charge on any atom is -0.453 e. The maximum absolute atomic E-state index is 6.37. The Hall–Kier alpha value is -4.84. The first-order valence-electron chi connectivity index (χ1n) is 10.8. The van der Waals surface area contributed by atoms with Gasteiger partial charge in [-0.15, -0.1) is 0 Å². The number of rotatable bonds is 6. The third kappa shape index (κ3) is 4.66. The van der Waals surface area contributed by atoms with E-state index in [2.05, 4.69) is 0 Å². The fraction of sp³-hybridized carbons (Fsp3) is 0. The van der Waals surface area contributed by atoms with Crippen molar-refractivity contribution in [3.63, 3.8) is 0 Å². The Morgan fingerprint density at radius 2 is 0.882 bits per heavy atom. The van der Waals surface area contributed by atoms with Crippen molar-refractivity contribution in [1.82, 2.24) is 9.97 Å². The van der Waals surface area contributed by atoms with Crippen LogP contribution in [0, 0.1) is 0 Å². The van der Waals surface area contributed by atoms with E-state index in [1.54, 1.807) is 36.4 Å². The lowest BCUT2D eigenvalue weighted by Gasteiger charge is -2.17. The molecule has 34 heavy (non-hydrogen) atoms. The van der Waals surface area contributed by atoms with Crippen LogP contribution in [0.2, 0.25) is 0 Å². The number of ether oxygens (including phenoxy) is 2. The van der Waals surface area contributed by atoms with Gasteiger partial charge in [0.15, 0.2) is 5.75 Å². The van der Waals surface area contributed by atoms with Crippen molar-refractivity contribution >= 4 is 11.4 Å². The number of hydrogen-bond acceptors (Lipinski definition) is 6. The Morgan fingerprint density at radius 1 is 0.471 bits per heavy atom. The standard InChI is InChI=1S/C28H22N4O2/c29-21-11-15-23(16-12-21)33-27-25(19-7-3-1-4-8-19)31-28(34-24-17-13-22(30)14-18-24)32-26(27)20-9-5-2-6-10-20/h1-18H,29-30H2. The van der Waals surface area contributed by atoms with Crippen molar-refractivity contribution in [2.24, 2.45) is 0 Å². The molecule has 0 fully saturated rings. The van der Waals surface area contributed by atoms with E-state index in [-0.39, 0.29) is 6.01 Å². The van der Waals surface area contributed by atoms with Gasteiger partial charge in [0.1, 0.15) is 22.9 Å². The molecule has 5 rings (SSSR count). The second kappa shape index (κ2) is 9.34. The summed E-state index contributed by atoms with van der Waals surface area (Å²) in [5, 5.41) is 0. The average Bonchev–Trinajstić information content (AvgIpc) is 2.88. The Kier molecular flexibility index (Phi) is 5.78. The summed E-state index contributed by atoms with van der Waals surface area (Å²) in [5.74, 6) is 1.73. The first-order valence-corrected chi connectivity index (χ1v) is 10.8. The van der Waals surface area contributed by atoms with Gasteiger partial charge in [-0.25, -0.2) is 0 Å². The van der Waals surface area contributed by atoms with Gasteiger partial charge in [0.2, 0.25) is 0 Å². The van der Waals surface area contributed by atoms with Crippen molar-refractivity contribution in [1.29, 1.82) is 0 Å². The summed E-state index contributed by atoms with van der Waals surface area (Å²) in [4.78, 5) is 9.49. The van der Waals surface area contributed by atoms with Crippen LogP contribution in [0.3, 0.4) is 0 Å². The Morgan fingerprint density at radius 3 is 1.32 bits per heavy atom. The number of hydrogen-bond donors (Lipinski definition) is 2. The largest absolute Gasteiger partial charge is 0.453 e. The monoisotopic (exact) mass is 446 g/mol. The topological polar surface area (TPSA) is 96.3 Å². The Labute approximate surface area is 197 Å². The highest BCUT2D eigenvalue weighted by atomic mass is 16.5. The molecule has 4 N–H and O–H groups in total. The van der Waals surface area contributed by atoms with E-state index in [1.165, 1.54) is 0 Å². The number of nitrogens with zero attached hydrogens (tertiary/aromatic N) is 2. The molecule has 0 bridgehead atoms. The van der Waals surface area contributed by atoms with E-state index < -0.39 is 0 Å². The average molecular weight is 447 g/mol. The molecule has 0 spiro atoms. The second-order valence-corrected chi connectivity index (χ2v) is 7.61. The van der Waals surface area contributed by atoms with Crippen molar-refractivity contribution in [2.75, 3.05) is 11.5 Å². The molecule has 5 aromatic rings. The minimum absolute atomic E-state index is 0.201. The summed E-state index contributed by atoms with van der Waals surface area (Å²) >= 11 is 0. The van der Waals surface area contributed by atoms with E-state index >= 15 is 0 Å². The number of anilines is 2. The lowest BCUT2D eigenvalue weighted by molar-refractivity contribution is 0.433. The molecule has 0 amide bonds. The van der Waals surface area contributed by atoms with E-state index in [1.807, 2.05) is 72.8 Å². The highest BCUT2D eigenvalue weighted by Gasteiger charge is 2.21. The molecule has 1 aromatic heterocycles. The van der Waals surface area contributed by atoms with E-state index in [0.29, 0.717) is 40.0 Å². The van der Waals surface area contributed by atoms with Crippen LogP contribution in [0.1, 0.15) is 0 Å². The lowest BCUT2D eigenvalue weighted by Crippen LogP contribution is -2.01. The summed E-state index contributed by atoms with van der Waals surface area (Å²) in [6, 6.07) is 34.1. The summed E-state index contributed by atoms with van der Waals surface area (Å²) in [7, 11) is 0. The molecule has 0 atom stereocenters. The van der Waals surface area contributed by atoms with Gasteiger partial charge in [0, 0.05) is 22.5 Å². The van der Waals surface area contributed by atoms with Gasteiger partial charge in [-0.2, -0.15) is 9.97 Å². The first kappa shape index (κ1) is 21.0. The molecule has 0 radical (unpaired) electrons. The number of benzene rings is 4. The van der Waals surface area contributed by atoms with E-state index in [9.17, 15) is 0 Å². The molecule has 4 aromatic carbocycles. The maximum atomic E-state index is 6.37. The van der Waals surface area contributed by atoms with Gasteiger partial charge in [-0.3, -0.25) is 0 Å². The van der Waals surface area contributed by atoms with Crippen LogP contribution < -0.4 is 20.9 Å². The molecule has 0 aliphatic rings. The smallest absolute Gasteiger partial charge is 0.323 e. The predicted molar refractivity (Wildman–Crippen MR) is 135 cm³/mol. The third-order valence-corrected chi connectivity index (χ3v) is 5.13. The number of aromatic nitrogens is 2. The van der Waals surface area contributed by atoms with Crippen molar-refractivity contribution in [2.45, 2.75) is 0 Å². The molecule has 1 heterocycles. The van der Waals surface area contributed by atoms with Crippen LogP contribution in [0.5, 0.6) is 23.3 Å². The molecule has 6 nitrogen and oxygen atoms in total. The Balaban J connectivity index is 1.69. The predicted octanol–water partition coefficient (Wildman–Crippen LogP) is 6.56. The molecular formula is C28H22N4O2. The first-order chi connectivity index (χ1) is 16.7. The van der Waals surface area contributed by atoms with E-state index in [4.69, 9.17) is 30.9 Å². The molecule has 166 valence electrons. The molecule has 0 saturated carbocycles. The number of nitrogens with two attached hydrogens (primary N) is 2. The van der Waals surface area contributed by atoms with Gasteiger partial charge in [0.25, 0.3) is 0 Å². The molecule has 0 saturated heterocycles. The van der Waals surface area contributed by atoms with Crippen molar-refractivity contribution in [3.05, 3.63) is 109 Å². The van der Waals surface area contributed by atoms with Gasteiger partial charge < -0.3 is 20.9 Å². The summed E-state index contributed by atoms with van der Waals surface area (Å²) in [6.07, 6.45) is 0. The summed E-state index contributed by atoms with van der Waals surface area (Å²) < 4.78 is 12.4. The number of nitrogen functional groups attached to an aromatic ring is 2. The van der Waals surface area contributed by atoms with Gasteiger partial charge in [-0.05, 0) is 48.5 Å². The molecule has 6 heteroatoms.